The first kappa shape index (κ1) is 7.55. The molecule has 1 aliphatic heterocycles. The largest absolute Gasteiger partial charge is 0.348 e. The number of rotatable bonds is 0. The maximum Gasteiger partial charge on any atom is 0.253 e. The first-order valence-corrected chi connectivity index (χ1v) is 4.51. The number of aryl methyl sites for hydroxylation is 1. The van der Waals surface area contributed by atoms with Crippen LogP contribution in [0.5, 0.6) is 0 Å². The summed E-state index contributed by atoms with van der Waals surface area (Å²) in [4.78, 5) is 18.7. The zero-order chi connectivity index (χ0) is 9.71. The van der Waals surface area contributed by atoms with E-state index < -0.39 is 0 Å². The fraction of sp³-hybridized carbons (Fsp3) is 0.200. The molecular formula is C10H9N3O. The molecule has 4 nitrogen and oxygen atoms in total. The van der Waals surface area contributed by atoms with E-state index >= 15 is 0 Å². The summed E-state index contributed by atoms with van der Waals surface area (Å²) >= 11 is 0. The topological polar surface area (TPSA) is 57.8 Å². The van der Waals surface area contributed by atoms with Crippen molar-refractivity contribution in [2.75, 3.05) is 0 Å². The lowest BCUT2D eigenvalue weighted by atomic mass is 10.0. The molecule has 1 aliphatic rings. The molecule has 3 rings (SSSR count). The van der Waals surface area contributed by atoms with Gasteiger partial charge >= 0.3 is 0 Å². The molecule has 0 radical (unpaired) electrons. The van der Waals surface area contributed by atoms with Crippen LogP contribution in [0.15, 0.2) is 12.4 Å². The van der Waals surface area contributed by atoms with Gasteiger partial charge in [-0.2, -0.15) is 0 Å². The smallest absolute Gasteiger partial charge is 0.253 e. The number of aromatic nitrogens is 2. The molecule has 0 aromatic carbocycles. The number of H-pyrrole nitrogens is 1. The van der Waals surface area contributed by atoms with E-state index in [0.717, 1.165) is 16.6 Å². The Morgan fingerprint density at radius 2 is 2.36 bits per heavy atom. The lowest BCUT2D eigenvalue weighted by molar-refractivity contribution is 0.0949. The van der Waals surface area contributed by atoms with Crippen molar-refractivity contribution in [1.82, 2.24) is 15.3 Å². The molecule has 3 heterocycles. The number of nitrogens with one attached hydrogen (secondary N) is 2. The molecule has 0 aliphatic carbocycles. The van der Waals surface area contributed by atoms with Gasteiger partial charge in [0, 0.05) is 24.3 Å². The fourth-order valence-electron chi connectivity index (χ4n) is 1.93. The summed E-state index contributed by atoms with van der Waals surface area (Å²) in [5, 5.41) is 3.82. The number of amides is 1. The molecule has 1 amide bonds. The third-order valence-electron chi connectivity index (χ3n) is 2.69. The molecule has 0 spiro atoms. The average Bonchev–Trinajstić information content (AvgIpc) is 2.60. The summed E-state index contributed by atoms with van der Waals surface area (Å²) in [6, 6.07) is 0. The van der Waals surface area contributed by atoms with Gasteiger partial charge in [0.2, 0.25) is 0 Å². The normalized spacial score (nSPS) is 14.5. The summed E-state index contributed by atoms with van der Waals surface area (Å²) < 4.78 is 0. The van der Waals surface area contributed by atoms with Crippen molar-refractivity contribution in [1.29, 1.82) is 0 Å². The highest BCUT2D eigenvalue weighted by atomic mass is 16.1. The van der Waals surface area contributed by atoms with Crippen molar-refractivity contribution in [2.45, 2.75) is 13.5 Å². The first-order chi connectivity index (χ1) is 6.77. The highest BCUT2D eigenvalue weighted by molar-refractivity contribution is 6.09. The number of pyridine rings is 1. The SMILES string of the molecule is Cc1cnc2[nH]cc3c2c1CNC3=O. The Kier molecular flexibility index (Phi) is 1.27. The Balaban J connectivity index is 2.52. The molecule has 70 valence electrons. The van der Waals surface area contributed by atoms with E-state index in [1.165, 1.54) is 5.56 Å². The van der Waals surface area contributed by atoms with Crippen LogP contribution in [0, 0.1) is 6.92 Å². The van der Waals surface area contributed by atoms with Gasteiger partial charge in [0.05, 0.1) is 5.56 Å². The number of carbonyl (C=O) groups excluding carboxylic acids is 1. The van der Waals surface area contributed by atoms with Gasteiger partial charge in [0.15, 0.2) is 0 Å². The first-order valence-electron chi connectivity index (χ1n) is 4.51. The van der Waals surface area contributed by atoms with E-state index in [1.54, 1.807) is 6.20 Å². The van der Waals surface area contributed by atoms with Crippen LogP contribution in [0.2, 0.25) is 0 Å². The Bertz CT molecular complexity index is 542. The van der Waals surface area contributed by atoms with E-state index in [2.05, 4.69) is 15.3 Å². The zero-order valence-corrected chi connectivity index (χ0v) is 7.72. The monoisotopic (exact) mass is 187 g/mol. The van der Waals surface area contributed by atoms with E-state index in [4.69, 9.17) is 0 Å². The lowest BCUT2D eigenvalue weighted by Gasteiger charge is -2.14. The third-order valence-corrected chi connectivity index (χ3v) is 2.69. The highest BCUT2D eigenvalue weighted by Crippen LogP contribution is 2.26. The van der Waals surface area contributed by atoms with Crippen LogP contribution in [0.3, 0.4) is 0 Å². The number of nitrogens with zero attached hydrogens (tertiary/aromatic N) is 1. The van der Waals surface area contributed by atoms with Crippen molar-refractivity contribution in [3.05, 3.63) is 29.1 Å². The Morgan fingerprint density at radius 3 is 3.21 bits per heavy atom. The van der Waals surface area contributed by atoms with Gasteiger partial charge in [-0.15, -0.1) is 0 Å². The predicted molar refractivity (Wildman–Crippen MR) is 52.0 cm³/mol. The molecule has 0 fully saturated rings. The molecule has 0 bridgehead atoms. The number of carbonyl (C=O) groups is 1. The Hall–Kier alpha value is -1.84. The maximum absolute atomic E-state index is 11.5. The van der Waals surface area contributed by atoms with Gasteiger partial charge < -0.3 is 10.3 Å². The average molecular weight is 187 g/mol. The number of aromatic amines is 1. The van der Waals surface area contributed by atoms with Crippen molar-refractivity contribution in [2.24, 2.45) is 0 Å². The molecule has 2 N–H and O–H groups in total. The van der Waals surface area contributed by atoms with Gasteiger partial charge in [0.1, 0.15) is 5.65 Å². The Morgan fingerprint density at radius 1 is 1.50 bits per heavy atom. The predicted octanol–water partition coefficient (Wildman–Crippen LogP) is 1.11. The molecule has 4 heteroatoms. The Labute approximate surface area is 80.3 Å². The molecule has 0 saturated carbocycles. The minimum atomic E-state index is -0.0175. The summed E-state index contributed by atoms with van der Waals surface area (Å²) in [6.45, 7) is 2.62. The van der Waals surface area contributed by atoms with Crippen LogP contribution < -0.4 is 5.32 Å². The zero-order valence-electron chi connectivity index (χ0n) is 7.72. The van der Waals surface area contributed by atoms with E-state index in [1.807, 2.05) is 13.1 Å². The maximum atomic E-state index is 11.5. The second-order valence-corrected chi connectivity index (χ2v) is 3.53. The van der Waals surface area contributed by atoms with Crippen LogP contribution in [0.25, 0.3) is 11.0 Å². The summed E-state index contributed by atoms with van der Waals surface area (Å²) in [5.74, 6) is -0.0175. The molecule has 0 atom stereocenters. The second kappa shape index (κ2) is 2.35. The van der Waals surface area contributed by atoms with Gasteiger partial charge in [-0.25, -0.2) is 4.98 Å². The van der Waals surface area contributed by atoms with Crippen molar-refractivity contribution < 1.29 is 4.79 Å². The van der Waals surface area contributed by atoms with Crippen LogP contribution in [-0.2, 0) is 6.54 Å². The summed E-state index contributed by atoms with van der Waals surface area (Å²) in [7, 11) is 0. The van der Waals surface area contributed by atoms with Crippen LogP contribution in [-0.4, -0.2) is 15.9 Å². The molecule has 0 saturated heterocycles. The standard InChI is InChI=1S/C10H9N3O/c1-5-2-11-9-8-6(5)3-13-10(14)7(8)4-12-9/h2,4H,3H2,1H3,(H,11,12)(H,13,14). The minimum absolute atomic E-state index is 0.0175. The number of hydrogen-bond acceptors (Lipinski definition) is 2. The third kappa shape index (κ3) is 0.775. The quantitative estimate of drug-likeness (QED) is 0.649. The molecular weight excluding hydrogens is 178 g/mol. The van der Waals surface area contributed by atoms with Gasteiger partial charge in [0.25, 0.3) is 5.91 Å². The highest BCUT2D eigenvalue weighted by Gasteiger charge is 2.21. The minimum Gasteiger partial charge on any atom is -0.348 e. The van der Waals surface area contributed by atoms with Crippen LogP contribution in [0.1, 0.15) is 21.5 Å². The molecule has 14 heavy (non-hydrogen) atoms. The van der Waals surface area contributed by atoms with Crippen LogP contribution in [0.4, 0.5) is 0 Å². The van der Waals surface area contributed by atoms with Crippen molar-refractivity contribution >= 4 is 16.9 Å². The van der Waals surface area contributed by atoms with Gasteiger partial charge in [-0.05, 0) is 18.1 Å². The molecule has 0 unspecified atom stereocenters. The fourth-order valence-corrected chi connectivity index (χ4v) is 1.93. The van der Waals surface area contributed by atoms with Crippen LogP contribution >= 0.6 is 0 Å². The van der Waals surface area contributed by atoms with E-state index in [0.29, 0.717) is 12.1 Å². The van der Waals surface area contributed by atoms with Gasteiger partial charge in [-0.3, -0.25) is 4.79 Å². The summed E-state index contributed by atoms with van der Waals surface area (Å²) in [6.07, 6.45) is 3.55. The van der Waals surface area contributed by atoms with E-state index in [9.17, 15) is 4.79 Å². The van der Waals surface area contributed by atoms with Crippen molar-refractivity contribution in [3.8, 4) is 0 Å². The molecule has 2 aromatic rings. The van der Waals surface area contributed by atoms with Crippen molar-refractivity contribution in [3.63, 3.8) is 0 Å². The van der Waals surface area contributed by atoms with Gasteiger partial charge in [-0.1, -0.05) is 0 Å². The molecule has 2 aromatic heterocycles. The van der Waals surface area contributed by atoms with E-state index in [-0.39, 0.29) is 5.91 Å². The lowest BCUT2D eigenvalue weighted by Crippen LogP contribution is -2.27. The summed E-state index contributed by atoms with van der Waals surface area (Å²) in [5.41, 5.74) is 3.80. The number of hydrogen-bond donors (Lipinski definition) is 2. The second-order valence-electron chi connectivity index (χ2n) is 3.53.